The minimum absolute atomic E-state index is 0.0596. The third-order valence-corrected chi connectivity index (χ3v) is 6.08. The first kappa shape index (κ1) is 19.6. The first-order valence-corrected chi connectivity index (χ1v) is 10.0. The van der Waals surface area contributed by atoms with Crippen molar-refractivity contribution in [1.82, 2.24) is 5.32 Å². The number of nitrogens with zero attached hydrogens (tertiary/aromatic N) is 2. The molecular formula is C15H9Br2N3O3S2. The Balaban J connectivity index is 0.000000186. The van der Waals surface area contributed by atoms with Gasteiger partial charge in [0.25, 0.3) is 5.91 Å². The molecule has 0 aromatic carbocycles. The number of carbonyl (C=O) groups is 2. The molecule has 1 saturated carbocycles. The Bertz CT molecular complexity index is 904. The number of carboxylic acid groups (broad SMARTS) is 1. The van der Waals surface area contributed by atoms with Crippen LogP contribution < -0.4 is 5.32 Å². The fourth-order valence-electron chi connectivity index (χ4n) is 1.71. The fraction of sp³-hybridized carbons (Fsp3) is 0.200. The minimum atomic E-state index is -1.07. The van der Waals surface area contributed by atoms with Gasteiger partial charge in [0.1, 0.15) is 21.9 Å². The smallest absolute Gasteiger partial charge is 0.337 e. The standard InChI is InChI=1S/C9H7BrN2OS.C6H2BrNO2S/c10-8-3-6(7(4-11)14-8)9(13)12-5-1-2-5;7-5-1-3(6(9)10)4(2-8)11-5/h3,5H,1-2H2,(H,12,13);1H,(H,9,10). The minimum Gasteiger partial charge on any atom is -0.478 e. The number of carbonyl (C=O) groups excluding carboxylic acids is 1. The highest BCUT2D eigenvalue weighted by atomic mass is 79.9. The van der Waals surface area contributed by atoms with Crippen LogP contribution in [0.3, 0.4) is 0 Å². The van der Waals surface area contributed by atoms with Gasteiger partial charge in [-0.25, -0.2) is 4.79 Å². The molecule has 0 saturated heterocycles. The van der Waals surface area contributed by atoms with Crippen molar-refractivity contribution in [3.8, 4) is 12.1 Å². The first-order chi connectivity index (χ1) is 11.8. The van der Waals surface area contributed by atoms with Crippen molar-refractivity contribution in [2.75, 3.05) is 0 Å². The van der Waals surface area contributed by atoms with E-state index in [-0.39, 0.29) is 16.3 Å². The van der Waals surface area contributed by atoms with Crippen LogP contribution in [0.15, 0.2) is 19.7 Å². The number of amides is 1. The molecule has 2 aromatic heterocycles. The van der Waals surface area contributed by atoms with Crippen molar-refractivity contribution in [2.45, 2.75) is 18.9 Å². The molecule has 0 radical (unpaired) electrons. The summed E-state index contributed by atoms with van der Waals surface area (Å²) in [5.41, 5.74) is 0.542. The largest absolute Gasteiger partial charge is 0.478 e. The Labute approximate surface area is 168 Å². The molecule has 3 rings (SSSR count). The second-order valence-corrected chi connectivity index (χ2v) is 9.73. The number of carboxylic acids is 1. The SMILES string of the molecule is N#Cc1sc(Br)cc1C(=O)NC1CC1.N#Cc1sc(Br)cc1C(=O)O. The summed E-state index contributed by atoms with van der Waals surface area (Å²) in [5.74, 6) is -1.20. The topological polar surface area (TPSA) is 114 Å². The van der Waals surface area contributed by atoms with Crippen molar-refractivity contribution < 1.29 is 14.7 Å². The van der Waals surface area contributed by atoms with Gasteiger partial charge in [0.15, 0.2) is 0 Å². The van der Waals surface area contributed by atoms with Crippen LogP contribution in [0.5, 0.6) is 0 Å². The molecular weight excluding hydrogens is 494 g/mol. The van der Waals surface area contributed by atoms with Gasteiger partial charge in [-0.05, 0) is 56.8 Å². The third kappa shape index (κ3) is 5.38. The van der Waals surface area contributed by atoms with E-state index in [1.807, 2.05) is 6.07 Å². The molecule has 1 aliphatic carbocycles. The fourth-order valence-corrected chi connectivity index (χ4v) is 4.49. The maximum atomic E-state index is 11.6. The first-order valence-electron chi connectivity index (χ1n) is 6.78. The normalized spacial score (nSPS) is 12.3. The molecule has 0 unspecified atom stereocenters. The lowest BCUT2D eigenvalue weighted by Gasteiger charge is -1.99. The molecule has 0 spiro atoms. The van der Waals surface area contributed by atoms with Crippen molar-refractivity contribution in [3.05, 3.63) is 40.6 Å². The van der Waals surface area contributed by atoms with Gasteiger partial charge < -0.3 is 10.4 Å². The average Bonchev–Trinajstić information content (AvgIpc) is 3.16. The molecule has 2 heterocycles. The van der Waals surface area contributed by atoms with Gasteiger partial charge in [-0.3, -0.25) is 4.79 Å². The van der Waals surface area contributed by atoms with E-state index in [1.54, 1.807) is 12.1 Å². The molecule has 0 aliphatic heterocycles. The van der Waals surface area contributed by atoms with Crippen LogP contribution in [-0.4, -0.2) is 23.0 Å². The predicted octanol–water partition coefficient (Wildman–Crippen LogP) is 4.35. The maximum absolute atomic E-state index is 11.6. The Kier molecular flexibility index (Phi) is 6.73. The highest BCUT2D eigenvalue weighted by Crippen LogP contribution is 2.28. The maximum Gasteiger partial charge on any atom is 0.337 e. The molecule has 2 N–H and O–H groups in total. The Morgan fingerprint density at radius 2 is 1.56 bits per heavy atom. The summed E-state index contributed by atoms with van der Waals surface area (Å²) in [6.07, 6.45) is 2.11. The number of hydrogen-bond donors (Lipinski definition) is 2. The van der Waals surface area contributed by atoms with Gasteiger partial charge in [0.2, 0.25) is 0 Å². The van der Waals surface area contributed by atoms with E-state index < -0.39 is 5.97 Å². The lowest BCUT2D eigenvalue weighted by Crippen LogP contribution is -2.25. The van der Waals surface area contributed by atoms with Crippen molar-refractivity contribution in [2.24, 2.45) is 0 Å². The summed E-state index contributed by atoms with van der Waals surface area (Å²) in [5, 5.41) is 28.6. The average molecular weight is 503 g/mol. The zero-order valence-electron chi connectivity index (χ0n) is 12.4. The van der Waals surface area contributed by atoms with Crippen LogP contribution in [0.4, 0.5) is 0 Å². The molecule has 128 valence electrons. The van der Waals surface area contributed by atoms with E-state index >= 15 is 0 Å². The van der Waals surface area contributed by atoms with Crippen LogP contribution in [0.25, 0.3) is 0 Å². The number of nitrogens with one attached hydrogen (secondary N) is 1. The summed E-state index contributed by atoms with van der Waals surface area (Å²) >= 11 is 8.76. The number of halogens is 2. The quantitative estimate of drug-likeness (QED) is 0.647. The van der Waals surface area contributed by atoms with Crippen LogP contribution in [0.1, 0.15) is 43.3 Å². The van der Waals surface area contributed by atoms with Crippen LogP contribution in [0, 0.1) is 22.7 Å². The van der Waals surface area contributed by atoms with Gasteiger partial charge in [0, 0.05) is 6.04 Å². The van der Waals surface area contributed by atoms with Gasteiger partial charge in [0.05, 0.1) is 18.7 Å². The Morgan fingerprint density at radius 3 is 1.96 bits per heavy atom. The number of aromatic carboxylic acids is 1. The van der Waals surface area contributed by atoms with Crippen LogP contribution in [-0.2, 0) is 0 Å². The summed E-state index contributed by atoms with van der Waals surface area (Å²) < 4.78 is 1.47. The molecule has 25 heavy (non-hydrogen) atoms. The number of thiophene rings is 2. The van der Waals surface area contributed by atoms with E-state index in [0.717, 1.165) is 28.0 Å². The van der Waals surface area contributed by atoms with E-state index in [2.05, 4.69) is 37.2 Å². The van der Waals surface area contributed by atoms with E-state index in [4.69, 9.17) is 15.6 Å². The molecule has 0 bridgehead atoms. The zero-order chi connectivity index (χ0) is 18.6. The number of rotatable bonds is 3. The zero-order valence-corrected chi connectivity index (χ0v) is 17.2. The summed E-state index contributed by atoms with van der Waals surface area (Å²) in [6, 6.07) is 7.27. The van der Waals surface area contributed by atoms with Gasteiger partial charge >= 0.3 is 5.97 Å². The predicted molar refractivity (Wildman–Crippen MR) is 101 cm³/mol. The van der Waals surface area contributed by atoms with Crippen molar-refractivity contribution >= 4 is 66.4 Å². The highest BCUT2D eigenvalue weighted by molar-refractivity contribution is 9.11. The van der Waals surface area contributed by atoms with E-state index in [0.29, 0.717) is 20.3 Å². The van der Waals surface area contributed by atoms with Gasteiger partial charge in [-0.2, -0.15) is 10.5 Å². The van der Waals surface area contributed by atoms with Gasteiger partial charge in [-0.1, -0.05) is 0 Å². The van der Waals surface area contributed by atoms with E-state index in [1.165, 1.54) is 17.4 Å². The molecule has 6 nitrogen and oxygen atoms in total. The monoisotopic (exact) mass is 501 g/mol. The number of hydrogen-bond acceptors (Lipinski definition) is 6. The Morgan fingerprint density at radius 1 is 1.08 bits per heavy atom. The van der Waals surface area contributed by atoms with E-state index in [9.17, 15) is 9.59 Å². The molecule has 1 amide bonds. The molecule has 1 fully saturated rings. The molecule has 1 aliphatic rings. The Hall–Kier alpha value is -1.72. The number of nitriles is 2. The van der Waals surface area contributed by atoms with Crippen molar-refractivity contribution in [1.29, 1.82) is 10.5 Å². The summed E-state index contributed by atoms with van der Waals surface area (Å²) in [7, 11) is 0. The van der Waals surface area contributed by atoms with Crippen LogP contribution >= 0.6 is 54.5 Å². The lowest BCUT2D eigenvalue weighted by molar-refractivity contribution is 0.0697. The summed E-state index contributed by atoms with van der Waals surface area (Å²) in [4.78, 5) is 22.7. The van der Waals surface area contributed by atoms with Crippen LogP contribution in [0.2, 0.25) is 0 Å². The second-order valence-electron chi connectivity index (χ2n) is 4.86. The second kappa shape index (κ2) is 8.59. The molecule has 10 heteroatoms. The molecule has 0 atom stereocenters. The summed E-state index contributed by atoms with van der Waals surface area (Å²) in [6.45, 7) is 0. The van der Waals surface area contributed by atoms with Crippen molar-refractivity contribution in [3.63, 3.8) is 0 Å². The highest BCUT2D eigenvalue weighted by Gasteiger charge is 2.25. The lowest BCUT2D eigenvalue weighted by atomic mass is 10.2. The molecule has 2 aromatic rings. The van der Waals surface area contributed by atoms with Gasteiger partial charge in [-0.15, -0.1) is 22.7 Å². The third-order valence-electron chi connectivity index (χ3n) is 2.99.